The van der Waals surface area contributed by atoms with E-state index >= 15 is 0 Å². The molecule has 0 spiro atoms. The Morgan fingerprint density at radius 2 is 1.96 bits per heavy atom. The molecule has 23 heavy (non-hydrogen) atoms. The lowest BCUT2D eigenvalue weighted by atomic mass is 10.2. The van der Waals surface area contributed by atoms with E-state index in [0.717, 1.165) is 0 Å². The fraction of sp³-hybridized carbons (Fsp3) is 0.133. The van der Waals surface area contributed by atoms with Gasteiger partial charge in [0.25, 0.3) is 5.69 Å². The molecule has 0 unspecified atom stereocenters. The second kappa shape index (κ2) is 6.97. The van der Waals surface area contributed by atoms with Gasteiger partial charge in [-0.3, -0.25) is 15.4 Å². The third-order valence-corrected chi connectivity index (χ3v) is 3.21. The van der Waals surface area contributed by atoms with Gasteiger partial charge in [0.2, 0.25) is 0 Å². The van der Waals surface area contributed by atoms with Gasteiger partial charge in [0, 0.05) is 11.1 Å². The molecule has 0 saturated carbocycles. The third-order valence-electron chi connectivity index (χ3n) is 2.97. The molecule has 2 aromatic carbocycles. The SMILES string of the molecule is COc1cc([N+](=O)[O-])ccc1NC(=O)Oc1ccc(Cl)cc1C. The standard InChI is InChI=1S/C15H13ClN2O5/c1-9-7-10(16)3-6-13(9)23-15(19)17-12-5-4-11(18(20)21)8-14(12)22-2/h3-8H,1-2H3,(H,17,19). The monoisotopic (exact) mass is 336 g/mol. The Morgan fingerprint density at radius 3 is 2.57 bits per heavy atom. The molecule has 120 valence electrons. The van der Waals surface area contributed by atoms with E-state index in [9.17, 15) is 14.9 Å². The number of carbonyl (C=O) groups is 1. The molecule has 0 bridgehead atoms. The van der Waals surface area contributed by atoms with E-state index in [1.54, 1.807) is 25.1 Å². The molecular weight excluding hydrogens is 324 g/mol. The largest absolute Gasteiger partial charge is 0.494 e. The van der Waals surface area contributed by atoms with Gasteiger partial charge in [0.1, 0.15) is 11.5 Å². The van der Waals surface area contributed by atoms with E-state index in [4.69, 9.17) is 21.1 Å². The summed E-state index contributed by atoms with van der Waals surface area (Å²) in [6.07, 6.45) is -0.748. The van der Waals surface area contributed by atoms with Crippen molar-refractivity contribution < 1.29 is 19.2 Å². The first-order valence-electron chi connectivity index (χ1n) is 6.48. The Balaban J connectivity index is 2.15. The summed E-state index contributed by atoms with van der Waals surface area (Å²) in [5, 5.41) is 13.7. The van der Waals surface area contributed by atoms with E-state index < -0.39 is 11.0 Å². The topological polar surface area (TPSA) is 90.7 Å². The Bertz CT molecular complexity index is 764. The van der Waals surface area contributed by atoms with E-state index in [-0.39, 0.29) is 17.1 Å². The number of nitrogens with zero attached hydrogens (tertiary/aromatic N) is 1. The lowest BCUT2D eigenvalue weighted by Crippen LogP contribution is -2.17. The second-order valence-electron chi connectivity index (χ2n) is 4.57. The number of amides is 1. The van der Waals surface area contributed by atoms with E-state index in [2.05, 4.69) is 5.32 Å². The van der Waals surface area contributed by atoms with Crippen LogP contribution in [0.3, 0.4) is 0 Å². The maximum absolute atomic E-state index is 12.0. The number of hydrogen-bond acceptors (Lipinski definition) is 5. The lowest BCUT2D eigenvalue weighted by Gasteiger charge is -2.11. The molecule has 0 aliphatic carbocycles. The molecule has 0 atom stereocenters. The first-order valence-corrected chi connectivity index (χ1v) is 6.86. The van der Waals surface area contributed by atoms with Gasteiger partial charge in [-0.2, -0.15) is 0 Å². The van der Waals surface area contributed by atoms with Crippen molar-refractivity contribution in [2.75, 3.05) is 12.4 Å². The van der Waals surface area contributed by atoms with Crippen LogP contribution >= 0.6 is 11.6 Å². The summed E-state index contributed by atoms with van der Waals surface area (Å²) in [6, 6.07) is 8.67. The molecular formula is C15H13ClN2O5. The Kier molecular flexibility index (Phi) is 5.02. The molecule has 7 nitrogen and oxygen atoms in total. The first-order chi connectivity index (χ1) is 10.9. The van der Waals surface area contributed by atoms with Crippen molar-refractivity contribution in [1.29, 1.82) is 0 Å². The molecule has 2 aromatic rings. The van der Waals surface area contributed by atoms with Crippen LogP contribution in [0.1, 0.15) is 5.56 Å². The molecule has 0 fully saturated rings. The molecule has 0 aliphatic heterocycles. The fourth-order valence-corrected chi connectivity index (χ4v) is 2.09. The molecule has 0 heterocycles. The molecule has 1 amide bonds. The number of carbonyl (C=O) groups excluding carboxylic acids is 1. The smallest absolute Gasteiger partial charge is 0.417 e. The fourth-order valence-electron chi connectivity index (χ4n) is 1.86. The minimum absolute atomic E-state index is 0.144. The van der Waals surface area contributed by atoms with Crippen molar-refractivity contribution in [3.63, 3.8) is 0 Å². The van der Waals surface area contributed by atoms with Crippen molar-refractivity contribution >= 4 is 29.1 Å². The summed E-state index contributed by atoms with van der Waals surface area (Å²) in [5.41, 5.74) is 0.812. The number of anilines is 1. The van der Waals surface area contributed by atoms with Crippen molar-refractivity contribution in [2.45, 2.75) is 6.92 Å². The lowest BCUT2D eigenvalue weighted by molar-refractivity contribution is -0.384. The number of aryl methyl sites for hydroxylation is 1. The summed E-state index contributed by atoms with van der Waals surface area (Å²) in [5.74, 6) is 0.511. The highest BCUT2D eigenvalue weighted by atomic mass is 35.5. The zero-order valence-corrected chi connectivity index (χ0v) is 13.1. The molecule has 1 N–H and O–H groups in total. The third kappa shape index (κ3) is 4.10. The summed E-state index contributed by atoms with van der Waals surface area (Å²) >= 11 is 5.84. The Hall–Kier alpha value is -2.80. The van der Waals surface area contributed by atoms with Crippen LogP contribution in [-0.4, -0.2) is 18.1 Å². The summed E-state index contributed by atoms with van der Waals surface area (Å²) in [7, 11) is 1.35. The number of rotatable bonds is 4. The van der Waals surface area contributed by atoms with Gasteiger partial charge < -0.3 is 9.47 Å². The number of halogens is 1. The minimum atomic E-state index is -0.748. The number of benzene rings is 2. The quantitative estimate of drug-likeness (QED) is 0.668. The normalized spacial score (nSPS) is 10.0. The van der Waals surface area contributed by atoms with Gasteiger partial charge in [-0.05, 0) is 36.8 Å². The predicted molar refractivity (Wildman–Crippen MR) is 85.5 cm³/mol. The van der Waals surface area contributed by atoms with Crippen molar-refractivity contribution in [3.05, 3.63) is 57.1 Å². The Morgan fingerprint density at radius 1 is 1.22 bits per heavy atom. The zero-order valence-electron chi connectivity index (χ0n) is 12.3. The number of nitro groups is 1. The maximum Gasteiger partial charge on any atom is 0.417 e. The van der Waals surface area contributed by atoms with Gasteiger partial charge >= 0.3 is 6.09 Å². The number of non-ortho nitro benzene ring substituents is 1. The van der Waals surface area contributed by atoms with E-state index in [0.29, 0.717) is 16.3 Å². The molecule has 0 saturated heterocycles. The van der Waals surface area contributed by atoms with Gasteiger partial charge in [-0.1, -0.05) is 11.6 Å². The molecule has 2 rings (SSSR count). The number of ether oxygens (including phenoxy) is 2. The molecule has 8 heteroatoms. The van der Waals surface area contributed by atoms with Crippen LogP contribution in [0.15, 0.2) is 36.4 Å². The predicted octanol–water partition coefficient (Wildman–Crippen LogP) is 4.18. The maximum atomic E-state index is 12.0. The molecule has 0 radical (unpaired) electrons. The summed E-state index contributed by atoms with van der Waals surface area (Å²) in [6.45, 7) is 1.75. The summed E-state index contributed by atoms with van der Waals surface area (Å²) < 4.78 is 10.2. The van der Waals surface area contributed by atoms with Crippen LogP contribution in [0.5, 0.6) is 11.5 Å². The average Bonchev–Trinajstić information content (AvgIpc) is 2.50. The first kappa shape index (κ1) is 16.6. The van der Waals surface area contributed by atoms with Crippen LogP contribution in [0.2, 0.25) is 5.02 Å². The average molecular weight is 337 g/mol. The molecule has 0 aromatic heterocycles. The van der Waals surface area contributed by atoms with Gasteiger partial charge in [0.15, 0.2) is 0 Å². The highest BCUT2D eigenvalue weighted by Gasteiger charge is 2.15. The number of hydrogen-bond donors (Lipinski definition) is 1. The molecule has 0 aliphatic rings. The van der Waals surface area contributed by atoms with Gasteiger partial charge in [-0.15, -0.1) is 0 Å². The Labute approximate surface area is 136 Å². The van der Waals surface area contributed by atoms with Crippen molar-refractivity contribution in [2.24, 2.45) is 0 Å². The van der Waals surface area contributed by atoms with Crippen LogP contribution in [-0.2, 0) is 0 Å². The highest BCUT2D eigenvalue weighted by molar-refractivity contribution is 6.30. The number of methoxy groups -OCH3 is 1. The van der Waals surface area contributed by atoms with Crippen molar-refractivity contribution in [1.82, 2.24) is 0 Å². The van der Waals surface area contributed by atoms with Gasteiger partial charge in [-0.25, -0.2) is 4.79 Å². The van der Waals surface area contributed by atoms with Crippen LogP contribution < -0.4 is 14.8 Å². The summed E-state index contributed by atoms with van der Waals surface area (Å²) in [4.78, 5) is 22.1. The minimum Gasteiger partial charge on any atom is -0.494 e. The van der Waals surface area contributed by atoms with Crippen LogP contribution in [0.4, 0.5) is 16.2 Å². The van der Waals surface area contributed by atoms with Gasteiger partial charge in [0.05, 0.1) is 23.8 Å². The number of nitrogens with one attached hydrogen (secondary N) is 1. The second-order valence-corrected chi connectivity index (χ2v) is 5.00. The van der Waals surface area contributed by atoms with Crippen molar-refractivity contribution in [3.8, 4) is 11.5 Å². The van der Waals surface area contributed by atoms with E-state index in [1.165, 1.54) is 25.3 Å². The number of nitro benzene ring substituents is 1. The van der Waals surface area contributed by atoms with Crippen LogP contribution in [0.25, 0.3) is 0 Å². The zero-order chi connectivity index (χ0) is 17.0. The van der Waals surface area contributed by atoms with Crippen LogP contribution in [0, 0.1) is 17.0 Å². The highest BCUT2D eigenvalue weighted by Crippen LogP contribution is 2.29. The van der Waals surface area contributed by atoms with E-state index in [1.807, 2.05) is 0 Å².